The second kappa shape index (κ2) is 8.84. The monoisotopic (exact) mass is 480 g/mol. The summed E-state index contributed by atoms with van der Waals surface area (Å²) in [6.07, 6.45) is 3.40. The molecule has 170 valence electrons. The summed E-state index contributed by atoms with van der Waals surface area (Å²) in [4.78, 5) is 14.8. The Bertz CT molecular complexity index is 1340. The van der Waals surface area contributed by atoms with Gasteiger partial charge in [-0.15, -0.1) is 11.3 Å². The molecule has 1 aromatic heterocycles. The number of anilines is 2. The van der Waals surface area contributed by atoms with Crippen LogP contribution >= 0.6 is 11.3 Å². The molecule has 3 aromatic rings. The van der Waals surface area contributed by atoms with Gasteiger partial charge in [-0.1, -0.05) is 50.2 Å². The molecule has 4 rings (SSSR count). The molecule has 0 aliphatic carbocycles. The molecular formula is C24H24N4O3S2. The Morgan fingerprint density at radius 2 is 1.79 bits per heavy atom. The van der Waals surface area contributed by atoms with Crippen molar-refractivity contribution in [2.45, 2.75) is 23.5 Å². The maximum absolute atomic E-state index is 12.7. The molecule has 1 aliphatic rings. The van der Waals surface area contributed by atoms with Crippen LogP contribution in [0.25, 0.3) is 0 Å². The van der Waals surface area contributed by atoms with Crippen molar-refractivity contribution in [1.82, 2.24) is 5.43 Å². The van der Waals surface area contributed by atoms with E-state index in [2.05, 4.69) is 46.1 Å². The van der Waals surface area contributed by atoms with E-state index in [1.165, 1.54) is 17.8 Å². The van der Waals surface area contributed by atoms with Crippen LogP contribution in [0, 0.1) is 0 Å². The van der Waals surface area contributed by atoms with Gasteiger partial charge < -0.3 is 4.90 Å². The van der Waals surface area contributed by atoms with Crippen LogP contribution in [0.15, 0.2) is 87.1 Å². The summed E-state index contributed by atoms with van der Waals surface area (Å²) >= 11 is 1.10. The predicted molar refractivity (Wildman–Crippen MR) is 133 cm³/mol. The van der Waals surface area contributed by atoms with Gasteiger partial charge in [-0.05, 0) is 41.3 Å². The van der Waals surface area contributed by atoms with E-state index in [9.17, 15) is 13.2 Å². The molecule has 0 saturated heterocycles. The Morgan fingerprint density at radius 3 is 2.52 bits per heavy atom. The number of carbonyl (C=O) groups excluding carboxylic acids is 1. The average Bonchev–Trinajstić information content (AvgIpc) is 3.40. The van der Waals surface area contributed by atoms with E-state index in [4.69, 9.17) is 0 Å². The lowest BCUT2D eigenvalue weighted by atomic mass is 9.84. The molecule has 7 nitrogen and oxygen atoms in total. The summed E-state index contributed by atoms with van der Waals surface area (Å²) in [6, 6.07) is 17.8. The number of sulfonamides is 1. The fourth-order valence-electron chi connectivity index (χ4n) is 3.95. The van der Waals surface area contributed by atoms with E-state index in [-0.39, 0.29) is 20.9 Å². The lowest BCUT2D eigenvalue weighted by molar-refractivity contribution is 0.0956. The predicted octanol–water partition coefficient (Wildman–Crippen LogP) is 4.58. The number of rotatable bonds is 6. The molecule has 0 unspecified atom stereocenters. The van der Waals surface area contributed by atoms with Crippen molar-refractivity contribution in [3.8, 4) is 0 Å². The molecule has 33 heavy (non-hydrogen) atoms. The molecule has 2 N–H and O–H groups in total. The molecule has 1 amide bonds. The fourth-order valence-corrected chi connectivity index (χ4v) is 6.02. The van der Waals surface area contributed by atoms with Crippen molar-refractivity contribution >= 4 is 44.9 Å². The number of benzene rings is 2. The number of nitrogens with one attached hydrogen (secondary N) is 2. The van der Waals surface area contributed by atoms with Crippen LogP contribution in [0.2, 0.25) is 0 Å². The summed E-state index contributed by atoms with van der Waals surface area (Å²) in [5, 5.41) is 5.74. The number of nitrogens with zero attached hydrogens (tertiary/aromatic N) is 2. The van der Waals surface area contributed by atoms with Crippen LogP contribution in [0.1, 0.15) is 29.8 Å². The Kier molecular flexibility index (Phi) is 6.09. The molecule has 0 bridgehead atoms. The second-order valence-electron chi connectivity index (χ2n) is 8.06. The molecule has 0 fully saturated rings. The first kappa shape index (κ1) is 22.8. The second-order valence-corrected chi connectivity index (χ2v) is 10.9. The number of carbonyl (C=O) groups is 1. The van der Waals surface area contributed by atoms with Gasteiger partial charge in [-0.3, -0.25) is 9.52 Å². The van der Waals surface area contributed by atoms with Gasteiger partial charge >= 0.3 is 0 Å². The average molecular weight is 481 g/mol. The minimum atomic E-state index is -3.77. The van der Waals surface area contributed by atoms with Crippen LogP contribution in [0.3, 0.4) is 0 Å². The van der Waals surface area contributed by atoms with Crippen molar-refractivity contribution in [1.29, 1.82) is 0 Å². The number of thiophene rings is 1. The van der Waals surface area contributed by atoms with Gasteiger partial charge in [0.1, 0.15) is 4.21 Å². The quantitative estimate of drug-likeness (QED) is 0.399. The normalized spacial score (nSPS) is 16.2. The van der Waals surface area contributed by atoms with E-state index < -0.39 is 15.9 Å². The van der Waals surface area contributed by atoms with Gasteiger partial charge in [-0.25, -0.2) is 13.8 Å². The molecule has 0 spiro atoms. The number of amides is 1. The SMILES string of the molecule is CN1/C(=C\C=N/NC(=O)c2ccccc2NS(=O)(=O)c2cccs2)C(C)(C)c2ccccc21. The summed E-state index contributed by atoms with van der Waals surface area (Å²) in [5.74, 6) is -0.517. The van der Waals surface area contributed by atoms with Crippen molar-refractivity contribution < 1.29 is 13.2 Å². The topological polar surface area (TPSA) is 90.9 Å². The fraction of sp³-hybridized carbons (Fsp3) is 0.167. The number of hydrogen-bond donors (Lipinski definition) is 2. The lowest BCUT2D eigenvalue weighted by Gasteiger charge is -2.23. The van der Waals surface area contributed by atoms with Gasteiger partial charge in [0.25, 0.3) is 15.9 Å². The summed E-state index contributed by atoms with van der Waals surface area (Å²) < 4.78 is 27.8. The van der Waals surface area contributed by atoms with Crippen molar-refractivity contribution in [3.63, 3.8) is 0 Å². The van der Waals surface area contributed by atoms with Crippen molar-refractivity contribution in [3.05, 3.63) is 88.9 Å². The molecule has 2 heterocycles. The van der Waals surface area contributed by atoms with E-state index >= 15 is 0 Å². The van der Waals surface area contributed by atoms with E-state index in [1.807, 2.05) is 25.3 Å². The minimum Gasteiger partial charge on any atom is -0.347 e. The standard InChI is InChI=1S/C24H24N4O3S2/c1-24(2)18-10-5-7-12-20(18)28(3)21(24)14-15-25-26-23(29)17-9-4-6-11-19(17)27-33(30,31)22-13-8-16-32-22/h4-16,27H,1-3H3,(H,26,29)/b21-14-,25-15-. The zero-order valence-corrected chi connectivity index (χ0v) is 20.1. The van der Waals surface area contributed by atoms with Gasteiger partial charge in [0.05, 0.1) is 11.3 Å². The number of likely N-dealkylation sites (N-methyl/N-ethyl adjacent to an activating group) is 1. The highest BCUT2D eigenvalue weighted by atomic mass is 32.2. The Balaban J connectivity index is 1.49. The third-order valence-corrected chi connectivity index (χ3v) is 8.35. The Hall–Kier alpha value is -3.43. The van der Waals surface area contributed by atoms with Crippen LogP contribution in [-0.2, 0) is 15.4 Å². The van der Waals surface area contributed by atoms with Crippen LogP contribution < -0.4 is 15.0 Å². The highest BCUT2D eigenvalue weighted by molar-refractivity contribution is 7.94. The van der Waals surface area contributed by atoms with E-state index in [0.717, 1.165) is 22.7 Å². The maximum Gasteiger partial charge on any atom is 0.273 e. The van der Waals surface area contributed by atoms with Crippen molar-refractivity contribution in [2.75, 3.05) is 16.7 Å². The Labute approximate surface area is 197 Å². The largest absolute Gasteiger partial charge is 0.347 e. The third kappa shape index (κ3) is 4.42. The van der Waals surface area contributed by atoms with Gasteiger partial charge in [0.15, 0.2) is 0 Å². The molecule has 0 atom stereocenters. The van der Waals surface area contributed by atoms with Gasteiger partial charge in [0.2, 0.25) is 0 Å². The Morgan fingerprint density at radius 1 is 1.06 bits per heavy atom. The van der Waals surface area contributed by atoms with Crippen LogP contribution in [0.4, 0.5) is 11.4 Å². The zero-order chi connectivity index (χ0) is 23.6. The maximum atomic E-state index is 12.7. The van der Waals surface area contributed by atoms with Crippen LogP contribution in [-0.4, -0.2) is 27.6 Å². The number of hydrogen-bond acceptors (Lipinski definition) is 6. The molecule has 0 radical (unpaired) electrons. The number of para-hydroxylation sites is 2. The molecule has 0 saturated carbocycles. The molecule has 1 aliphatic heterocycles. The zero-order valence-electron chi connectivity index (χ0n) is 18.4. The first-order valence-corrected chi connectivity index (χ1v) is 12.6. The van der Waals surface area contributed by atoms with Crippen molar-refractivity contribution in [2.24, 2.45) is 5.10 Å². The summed E-state index contributed by atoms with van der Waals surface area (Å²) in [6.45, 7) is 4.28. The van der Waals surface area contributed by atoms with E-state index in [1.54, 1.807) is 35.7 Å². The first-order chi connectivity index (χ1) is 15.7. The smallest absolute Gasteiger partial charge is 0.273 e. The molecular weight excluding hydrogens is 456 g/mol. The summed E-state index contributed by atoms with van der Waals surface area (Å²) in [5.41, 5.74) is 6.05. The summed E-state index contributed by atoms with van der Waals surface area (Å²) in [7, 11) is -1.77. The van der Waals surface area contributed by atoms with Gasteiger partial charge in [-0.2, -0.15) is 5.10 Å². The molecule has 9 heteroatoms. The van der Waals surface area contributed by atoms with Gasteiger partial charge in [0, 0.05) is 30.1 Å². The lowest BCUT2D eigenvalue weighted by Crippen LogP contribution is -2.23. The third-order valence-electron chi connectivity index (χ3n) is 5.59. The number of hydrazone groups is 1. The van der Waals surface area contributed by atoms with E-state index in [0.29, 0.717) is 0 Å². The number of fused-ring (bicyclic) bond motifs is 1. The highest BCUT2D eigenvalue weighted by Gasteiger charge is 2.37. The van der Waals surface area contributed by atoms with Crippen LogP contribution in [0.5, 0.6) is 0 Å². The minimum absolute atomic E-state index is 0.173. The molecule has 2 aromatic carbocycles. The first-order valence-electron chi connectivity index (χ1n) is 10.2. The number of allylic oxidation sites excluding steroid dienone is 2. The highest BCUT2D eigenvalue weighted by Crippen LogP contribution is 2.46.